The van der Waals surface area contributed by atoms with Gasteiger partial charge in [-0.3, -0.25) is 4.79 Å². The molecule has 0 aliphatic heterocycles. The third kappa shape index (κ3) is 4.73. The van der Waals surface area contributed by atoms with E-state index in [2.05, 4.69) is 5.92 Å². The first kappa shape index (κ1) is 19.5. The van der Waals surface area contributed by atoms with Gasteiger partial charge in [0.15, 0.2) is 0 Å². The summed E-state index contributed by atoms with van der Waals surface area (Å²) >= 11 is 5.73. The van der Waals surface area contributed by atoms with E-state index >= 15 is 0 Å². The Hall–Kier alpha value is -2.53. The molecule has 0 atom stereocenters. The molecule has 0 aromatic heterocycles. The molecule has 0 aliphatic carbocycles. The number of terminal acetylenes is 1. The van der Waals surface area contributed by atoms with Crippen LogP contribution in [0.2, 0.25) is 5.02 Å². The molecule has 0 unspecified atom stereocenters. The summed E-state index contributed by atoms with van der Waals surface area (Å²) in [6.07, 6.45) is 0.131. The van der Waals surface area contributed by atoms with Crippen molar-refractivity contribution >= 4 is 29.4 Å². The van der Waals surface area contributed by atoms with Crippen LogP contribution in [0.5, 0.6) is 5.75 Å². The van der Waals surface area contributed by atoms with Crippen LogP contribution in [-0.2, 0) is 4.79 Å². The molecule has 0 saturated heterocycles. The quantitative estimate of drug-likeness (QED) is 0.360. The zero-order valence-corrected chi connectivity index (χ0v) is 13.0. The first-order valence-corrected chi connectivity index (χ1v) is 6.64. The van der Waals surface area contributed by atoms with Gasteiger partial charge >= 0.3 is 6.18 Å². The zero-order valence-electron chi connectivity index (χ0n) is 12.2. The number of carbonyl (C=O) groups is 1. The minimum absolute atomic E-state index is 0.00852. The van der Waals surface area contributed by atoms with Crippen LogP contribution in [0.4, 0.5) is 23.2 Å². The molecule has 0 spiro atoms. The van der Waals surface area contributed by atoms with Crippen molar-refractivity contribution in [2.24, 2.45) is 0 Å². The van der Waals surface area contributed by atoms with Crippen LogP contribution in [0.3, 0.4) is 0 Å². The van der Waals surface area contributed by atoms with E-state index in [-0.39, 0.29) is 23.6 Å². The van der Waals surface area contributed by atoms with Crippen molar-refractivity contribution < 1.29 is 27.1 Å². The number of halogens is 5. The van der Waals surface area contributed by atoms with Gasteiger partial charge in [0, 0.05) is 17.9 Å². The maximum atomic E-state index is 13.8. The highest BCUT2D eigenvalue weighted by Gasteiger charge is 2.35. The Kier molecular flexibility index (Phi) is 6.37. The highest BCUT2D eigenvalue weighted by Crippen LogP contribution is 2.31. The molecule has 0 aliphatic rings. The van der Waals surface area contributed by atoms with Crippen LogP contribution >= 0.6 is 11.6 Å². The number of anilines is 1. The van der Waals surface area contributed by atoms with Gasteiger partial charge in [-0.25, -0.2) is 4.39 Å². The maximum Gasteiger partial charge on any atom is 0.418 e. The Morgan fingerprint density at radius 2 is 2.12 bits per heavy atom. The minimum Gasteiger partial charge on any atom is -0.479 e. The van der Waals surface area contributed by atoms with Crippen molar-refractivity contribution in [3.63, 3.8) is 0 Å². The van der Waals surface area contributed by atoms with E-state index in [0.717, 1.165) is 19.1 Å². The van der Waals surface area contributed by atoms with Crippen LogP contribution in [0.15, 0.2) is 23.3 Å². The molecule has 0 bridgehead atoms. The van der Waals surface area contributed by atoms with Gasteiger partial charge in [0.05, 0.1) is 16.3 Å². The molecule has 0 radical (unpaired) electrons. The average Bonchev–Trinajstić information content (AvgIpc) is 2.47. The fraction of sp³-hybridized carbons (Fsp3) is 0.200. The summed E-state index contributed by atoms with van der Waals surface area (Å²) in [6.45, 7) is 0.691. The van der Waals surface area contributed by atoms with Crippen molar-refractivity contribution in [2.75, 3.05) is 11.9 Å². The number of ether oxygens (including phenoxy) is 1. The van der Waals surface area contributed by atoms with E-state index < -0.39 is 34.7 Å². The molecule has 1 rings (SSSR count). The van der Waals surface area contributed by atoms with Gasteiger partial charge in [-0.15, -0.1) is 6.42 Å². The Balaban J connectivity index is 3.17. The number of benzene rings is 1. The monoisotopic (exact) mass is 362 g/mol. The van der Waals surface area contributed by atoms with Crippen molar-refractivity contribution in [2.45, 2.75) is 13.1 Å². The number of hydrogen-bond donors (Lipinski definition) is 2. The van der Waals surface area contributed by atoms with Crippen molar-refractivity contribution in [3.8, 4) is 18.1 Å². The number of rotatable bonds is 5. The summed E-state index contributed by atoms with van der Waals surface area (Å²) in [4.78, 5) is 11.9. The maximum absolute atomic E-state index is 13.8. The van der Waals surface area contributed by atoms with Crippen molar-refractivity contribution in [1.82, 2.24) is 0 Å². The van der Waals surface area contributed by atoms with Gasteiger partial charge in [-0.2, -0.15) is 13.2 Å². The van der Waals surface area contributed by atoms with Crippen LogP contribution in [0.1, 0.15) is 6.92 Å². The third-order valence-corrected chi connectivity index (χ3v) is 3.07. The fourth-order valence-corrected chi connectivity index (χ4v) is 1.80. The van der Waals surface area contributed by atoms with Crippen LogP contribution in [-0.4, -0.2) is 24.9 Å². The van der Waals surface area contributed by atoms with E-state index in [1.54, 1.807) is 0 Å². The van der Waals surface area contributed by atoms with E-state index in [9.17, 15) is 22.4 Å². The number of amides is 1. The molecular weight excluding hydrogens is 352 g/mol. The summed E-state index contributed by atoms with van der Waals surface area (Å²) < 4.78 is 56.9. The van der Waals surface area contributed by atoms with Gasteiger partial charge in [0.25, 0.3) is 5.91 Å². The standard InChI is InChI=1S/C15H11ClF4N2O2/c1-3-4-24-13-6-12(11(17)5-10(13)16)22-14(23)8(2)9(7-21)15(18,19)20/h1,5-7,21H,4H2,2H3,(H,22,23)/b9-8+,21-7?. The molecule has 128 valence electrons. The van der Waals surface area contributed by atoms with Gasteiger partial charge < -0.3 is 15.5 Å². The highest BCUT2D eigenvalue weighted by molar-refractivity contribution is 6.32. The smallest absolute Gasteiger partial charge is 0.418 e. The minimum atomic E-state index is -4.89. The second-order valence-electron chi connectivity index (χ2n) is 4.39. The van der Waals surface area contributed by atoms with E-state index in [1.165, 1.54) is 0 Å². The lowest BCUT2D eigenvalue weighted by Crippen LogP contribution is -2.22. The summed E-state index contributed by atoms with van der Waals surface area (Å²) in [6, 6.07) is 1.82. The Morgan fingerprint density at radius 3 is 2.62 bits per heavy atom. The zero-order chi connectivity index (χ0) is 18.5. The van der Waals surface area contributed by atoms with Crippen molar-refractivity contribution in [1.29, 1.82) is 5.41 Å². The molecule has 4 nitrogen and oxygen atoms in total. The number of alkyl halides is 3. The third-order valence-electron chi connectivity index (χ3n) is 2.78. The molecular formula is C15H11ClF4N2O2. The Bertz CT molecular complexity index is 736. The molecule has 0 fully saturated rings. The topological polar surface area (TPSA) is 62.2 Å². The van der Waals surface area contributed by atoms with Crippen molar-refractivity contribution in [3.05, 3.63) is 34.1 Å². The van der Waals surface area contributed by atoms with Gasteiger partial charge in [-0.05, 0) is 13.0 Å². The lowest BCUT2D eigenvalue weighted by atomic mass is 10.1. The lowest BCUT2D eigenvalue weighted by molar-refractivity contribution is -0.114. The Morgan fingerprint density at radius 1 is 1.50 bits per heavy atom. The van der Waals surface area contributed by atoms with E-state index in [0.29, 0.717) is 0 Å². The van der Waals surface area contributed by atoms with Crippen LogP contribution < -0.4 is 10.1 Å². The number of carbonyl (C=O) groups excluding carboxylic acids is 1. The van der Waals surface area contributed by atoms with Gasteiger partial charge in [0.1, 0.15) is 18.2 Å². The SMILES string of the molecule is C#CCOc1cc(NC(=O)/C(C)=C(\C=N)C(F)(F)F)c(F)cc1Cl. The first-order chi connectivity index (χ1) is 11.1. The second kappa shape index (κ2) is 7.84. The summed E-state index contributed by atoms with van der Waals surface area (Å²) in [7, 11) is 0. The molecule has 1 amide bonds. The Labute approximate surface area is 140 Å². The summed E-state index contributed by atoms with van der Waals surface area (Å²) in [5.74, 6) is -0.0904. The van der Waals surface area contributed by atoms with Crippen LogP contribution in [0.25, 0.3) is 0 Å². The fourth-order valence-electron chi connectivity index (χ4n) is 1.60. The molecule has 0 heterocycles. The molecule has 24 heavy (non-hydrogen) atoms. The molecule has 9 heteroatoms. The predicted molar refractivity (Wildman–Crippen MR) is 81.9 cm³/mol. The first-order valence-electron chi connectivity index (χ1n) is 6.27. The number of nitrogens with one attached hydrogen (secondary N) is 2. The average molecular weight is 363 g/mol. The number of allylic oxidation sites excluding steroid dienone is 1. The van der Waals surface area contributed by atoms with E-state index in [4.69, 9.17) is 28.2 Å². The normalized spacial score (nSPS) is 12.0. The molecule has 1 aromatic carbocycles. The predicted octanol–water partition coefficient (Wildman–Crippen LogP) is 3.96. The second-order valence-corrected chi connectivity index (χ2v) is 4.80. The van der Waals surface area contributed by atoms with Gasteiger partial charge in [0.2, 0.25) is 0 Å². The number of hydrogen-bond acceptors (Lipinski definition) is 3. The summed E-state index contributed by atoms with van der Waals surface area (Å²) in [5, 5.41) is 8.64. The largest absolute Gasteiger partial charge is 0.479 e. The summed E-state index contributed by atoms with van der Waals surface area (Å²) in [5.41, 5.74) is -2.68. The molecule has 2 N–H and O–H groups in total. The van der Waals surface area contributed by atoms with E-state index in [1.807, 2.05) is 5.32 Å². The van der Waals surface area contributed by atoms with Gasteiger partial charge in [-0.1, -0.05) is 17.5 Å². The van der Waals surface area contributed by atoms with Crippen LogP contribution in [0, 0.1) is 23.6 Å². The lowest BCUT2D eigenvalue weighted by Gasteiger charge is -2.13. The molecule has 0 saturated carbocycles. The molecule has 1 aromatic rings. The highest BCUT2D eigenvalue weighted by atomic mass is 35.5.